The van der Waals surface area contributed by atoms with Gasteiger partial charge in [0.15, 0.2) is 17.3 Å². The van der Waals surface area contributed by atoms with Gasteiger partial charge >= 0.3 is 0 Å². The summed E-state index contributed by atoms with van der Waals surface area (Å²) in [5.41, 5.74) is -2.52. The van der Waals surface area contributed by atoms with Crippen molar-refractivity contribution in [1.29, 1.82) is 0 Å². The Bertz CT molecular complexity index is 1220. The third-order valence-corrected chi connectivity index (χ3v) is 7.04. The van der Waals surface area contributed by atoms with E-state index in [1.165, 1.54) is 13.8 Å². The molecule has 1 aliphatic heterocycles. The normalized spacial score (nSPS) is 19.0. The van der Waals surface area contributed by atoms with E-state index in [1.54, 1.807) is 27.7 Å². The zero-order chi connectivity index (χ0) is 27.5. The van der Waals surface area contributed by atoms with Gasteiger partial charge in [-0.05, 0) is 40.5 Å². The molecule has 4 N–H and O–H groups in total. The van der Waals surface area contributed by atoms with E-state index < -0.39 is 63.0 Å². The maximum Gasteiger partial charge on any atom is 0.183 e. The molecule has 1 aromatic carbocycles. The number of ether oxygens (including phenoxy) is 1. The number of aliphatic hydroxyl groups excluding tert-OH is 2. The van der Waals surface area contributed by atoms with Gasteiger partial charge in [0.1, 0.15) is 45.5 Å². The topological polar surface area (TPSA) is 141 Å². The number of aliphatic hydroxyl groups is 2. The van der Waals surface area contributed by atoms with Crippen LogP contribution in [0, 0.1) is 17.3 Å². The van der Waals surface area contributed by atoms with E-state index in [9.17, 15) is 34.8 Å². The van der Waals surface area contributed by atoms with Crippen LogP contribution in [0.25, 0.3) is 0 Å². The van der Waals surface area contributed by atoms with Gasteiger partial charge in [0.2, 0.25) is 0 Å². The van der Waals surface area contributed by atoms with Crippen LogP contribution in [-0.4, -0.2) is 43.4 Å². The Balaban J connectivity index is 2.34. The molecule has 8 heteroatoms. The zero-order valence-electron chi connectivity index (χ0n) is 22.2. The second-order valence-corrected chi connectivity index (χ2v) is 11.4. The number of phenolic OH excluding ortho intramolecular Hbond substituents is 2. The summed E-state index contributed by atoms with van der Waals surface area (Å²) >= 11 is 0. The number of allylic oxidation sites excluding steroid dienone is 3. The number of benzene rings is 1. The molecule has 0 fully saturated rings. The molecule has 3 rings (SSSR count). The highest BCUT2D eigenvalue weighted by atomic mass is 16.5. The maximum atomic E-state index is 13.1. The molecular formula is C28H36O8. The molecule has 0 unspecified atom stereocenters. The number of aromatic hydroxyl groups is 2. The van der Waals surface area contributed by atoms with Crippen LogP contribution < -0.4 is 4.74 Å². The van der Waals surface area contributed by atoms with E-state index in [2.05, 4.69) is 0 Å². The highest BCUT2D eigenvalue weighted by Gasteiger charge is 2.46. The van der Waals surface area contributed by atoms with E-state index in [0.717, 1.165) is 0 Å². The van der Waals surface area contributed by atoms with Gasteiger partial charge in [-0.2, -0.15) is 0 Å². The number of Topliss-reactive ketones (excluding diaryl/α,β-unsaturated/α-hetero) is 3. The molecule has 1 aliphatic carbocycles. The summed E-state index contributed by atoms with van der Waals surface area (Å²) in [5.74, 6) is -4.70. The van der Waals surface area contributed by atoms with Gasteiger partial charge in [-0.15, -0.1) is 0 Å². The largest absolute Gasteiger partial charge is 0.511 e. The van der Waals surface area contributed by atoms with E-state index in [0.29, 0.717) is 18.4 Å². The van der Waals surface area contributed by atoms with Crippen molar-refractivity contribution in [3.05, 3.63) is 39.4 Å². The fraction of sp³-hybridized carbons (Fsp3) is 0.536. The molecule has 0 spiro atoms. The van der Waals surface area contributed by atoms with Gasteiger partial charge in [-0.1, -0.05) is 27.7 Å². The number of fused-ring (bicyclic) bond motifs is 1. The summed E-state index contributed by atoms with van der Waals surface area (Å²) in [7, 11) is 0. The van der Waals surface area contributed by atoms with Crippen LogP contribution in [0.1, 0.15) is 83.3 Å². The standard InChI is InChI=1S/C28H36O8/c1-12(2)19(29)17-21(31)14-9-10-27(5,6)36-24(14)15(22(17)32)11-16-23(33)18(20(30)13(3)4)26(35)28(7,8)25(16)34/h12-13,31-34H,9-11H2,1-8H3. The summed E-state index contributed by atoms with van der Waals surface area (Å²) in [6, 6.07) is 0. The SMILES string of the molecule is CC(C)C(=O)C1=C(O)C(Cc2c(O)c(C(=O)C(C)C)c(O)c3c2OC(C)(C)CC3)=C(O)C(C)(C)C1=O. The summed E-state index contributed by atoms with van der Waals surface area (Å²) < 4.78 is 6.14. The number of hydrogen-bond donors (Lipinski definition) is 4. The fourth-order valence-electron chi connectivity index (χ4n) is 4.64. The smallest absolute Gasteiger partial charge is 0.183 e. The quantitative estimate of drug-likeness (QED) is 0.314. The molecule has 0 radical (unpaired) electrons. The lowest BCUT2D eigenvalue weighted by molar-refractivity contribution is -0.128. The Morgan fingerprint density at radius 1 is 0.917 bits per heavy atom. The summed E-state index contributed by atoms with van der Waals surface area (Å²) in [4.78, 5) is 38.9. The minimum absolute atomic E-state index is 0.0779. The number of rotatable bonds is 6. The molecule has 0 amide bonds. The number of carbonyl (C=O) groups excluding carboxylic acids is 3. The van der Waals surface area contributed by atoms with Crippen molar-refractivity contribution in [3.8, 4) is 17.2 Å². The number of phenols is 2. The van der Waals surface area contributed by atoms with E-state index >= 15 is 0 Å². The maximum absolute atomic E-state index is 13.1. The molecule has 0 saturated heterocycles. The van der Waals surface area contributed by atoms with Crippen molar-refractivity contribution in [1.82, 2.24) is 0 Å². The van der Waals surface area contributed by atoms with Crippen molar-refractivity contribution in [2.24, 2.45) is 17.3 Å². The summed E-state index contributed by atoms with van der Waals surface area (Å²) in [5, 5.41) is 44.4. The molecule has 2 aliphatic rings. The van der Waals surface area contributed by atoms with Gasteiger partial charge in [0.25, 0.3) is 0 Å². The summed E-state index contributed by atoms with van der Waals surface area (Å²) in [6.45, 7) is 13.1. The molecule has 0 aromatic heterocycles. The first-order chi connectivity index (χ1) is 16.4. The lowest BCUT2D eigenvalue weighted by Gasteiger charge is -2.36. The average molecular weight is 501 g/mol. The predicted octanol–water partition coefficient (Wildman–Crippen LogP) is 5.04. The highest BCUT2D eigenvalue weighted by molar-refractivity contribution is 6.24. The molecule has 0 atom stereocenters. The third kappa shape index (κ3) is 4.27. The first-order valence-corrected chi connectivity index (χ1v) is 12.2. The van der Waals surface area contributed by atoms with E-state index in [1.807, 2.05) is 13.8 Å². The minimum Gasteiger partial charge on any atom is -0.511 e. The van der Waals surface area contributed by atoms with Gasteiger partial charge in [-0.3, -0.25) is 14.4 Å². The van der Waals surface area contributed by atoms with Gasteiger partial charge in [0.05, 0.1) is 5.41 Å². The number of ketones is 3. The summed E-state index contributed by atoms with van der Waals surface area (Å²) in [6.07, 6.45) is 0.570. The second kappa shape index (κ2) is 8.98. The van der Waals surface area contributed by atoms with Gasteiger partial charge < -0.3 is 25.2 Å². The fourth-order valence-corrected chi connectivity index (χ4v) is 4.64. The Morgan fingerprint density at radius 3 is 2.00 bits per heavy atom. The Hall–Kier alpha value is -3.29. The van der Waals surface area contributed by atoms with Crippen LogP contribution in [-0.2, 0) is 22.4 Å². The first kappa shape index (κ1) is 27.3. The second-order valence-electron chi connectivity index (χ2n) is 11.4. The monoisotopic (exact) mass is 500 g/mol. The molecule has 196 valence electrons. The van der Waals surface area contributed by atoms with Crippen molar-refractivity contribution in [2.45, 2.75) is 80.3 Å². The minimum atomic E-state index is -1.51. The molecule has 1 aromatic rings. The Morgan fingerprint density at radius 2 is 1.47 bits per heavy atom. The first-order valence-electron chi connectivity index (χ1n) is 12.2. The van der Waals surface area contributed by atoms with Crippen molar-refractivity contribution in [2.75, 3.05) is 0 Å². The van der Waals surface area contributed by atoms with Gasteiger partial charge in [0, 0.05) is 35.0 Å². The van der Waals surface area contributed by atoms with Crippen LogP contribution >= 0.6 is 0 Å². The molecule has 0 bridgehead atoms. The number of carbonyl (C=O) groups is 3. The van der Waals surface area contributed by atoms with Crippen LogP contribution in [0.2, 0.25) is 0 Å². The lowest BCUT2D eigenvalue weighted by atomic mass is 9.72. The molecular weight excluding hydrogens is 464 g/mol. The van der Waals surface area contributed by atoms with Crippen molar-refractivity contribution < 1.29 is 39.5 Å². The van der Waals surface area contributed by atoms with Crippen LogP contribution in [0.3, 0.4) is 0 Å². The average Bonchev–Trinajstić information content (AvgIpc) is 2.76. The van der Waals surface area contributed by atoms with Crippen LogP contribution in [0.15, 0.2) is 22.7 Å². The van der Waals surface area contributed by atoms with Gasteiger partial charge in [-0.25, -0.2) is 0 Å². The third-order valence-electron chi connectivity index (χ3n) is 7.04. The molecule has 36 heavy (non-hydrogen) atoms. The molecule has 1 heterocycles. The Labute approximate surface area is 211 Å². The van der Waals surface area contributed by atoms with Crippen molar-refractivity contribution >= 4 is 17.3 Å². The van der Waals surface area contributed by atoms with Crippen molar-refractivity contribution in [3.63, 3.8) is 0 Å². The highest BCUT2D eigenvalue weighted by Crippen LogP contribution is 2.50. The predicted molar refractivity (Wildman–Crippen MR) is 134 cm³/mol. The number of hydrogen-bond acceptors (Lipinski definition) is 8. The lowest BCUT2D eigenvalue weighted by Crippen LogP contribution is -2.38. The van der Waals surface area contributed by atoms with Crippen LogP contribution in [0.5, 0.6) is 17.2 Å². The zero-order valence-corrected chi connectivity index (χ0v) is 22.2. The van der Waals surface area contributed by atoms with Crippen LogP contribution in [0.4, 0.5) is 0 Å². The molecule has 8 nitrogen and oxygen atoms in total. The Kier molecular flexibility index (Phi) is 6.81. The van der Waals surface area contributed by atoms with E-state index in [4.69, 9.17) is 4.74 Å². The van der Waals surface area contributed by atoms with E-state index in [-0.39, 0.29) is 34.6 Å². The molecule has 0 saturated carbocycles.